The van der Waals surface area contributed by atoms with Crippen LogP contribution in [-0.2, 0) is 0 Å². The lowest BCUT2D eigenvalue weighted by Gasteiger charge is -2.43. The van der Waals surface area contributed by atoms with Crippen molar-refractivity contribution in [2.75, 3.05) is 25.0 Å². The first-order valence-electron chi connectivity index (χ1n) is 6.07. The van der Waals surface area contributed by atoms with E-state index in [0.717, 1.165) is 37.2 Å². The number of hydrogen-bond donors (Lipinski definition) is 2. The van der Waals surface area contributed by atoms with E-state index >= 15 is 0 Å². The zero-order valence-corrected chi connectivity index (χ0v) is 9.91. The Kier molecular flexibility index (Phi) is 2.38. The lowest BCUT2D eigenvalue weighted by Crippen LogP contribution is -2.53. The Morgan fingerprint density at radius 2 is 2.12 bits per heavy atom. The van der Waals surface area contributed by atoms with E-state index in [9.17, 15) is 9.50 Å². The van der Waals surface area contributed by atoms with Crippen molar-refractivity contribution in [3.63, 3.8) is 0 Å². The maximum atomic E-state index is 13.3. The van der Waals surface area contributed by atoms with E-state index in [0.29, 0.717) is 0 Å². The second-order valence-corrected chi connectivity index (χ2v) is 5.02. The van der Waals surface area contributed by atoms with Crippen molar-refractivity contribution in [1.29, 1.82) is 0 Å². The second kappa shape index (κ2) is 3.68. The molecule has 1 unspecified atom stereocenters. The van der Waals surface area contributed by atoms with Crippen molar-refractivity contribution in [2.24, 2.45) is 0 Å². The SMILES string of the molecule is CN1c2ccc(F)cc2C(O)C12CCNCC2. The van der Waals surface area contributed by atoms with Crippen LogP contribution < -0.4 is 10.2 Å². The van der Waals surface area contributed by atoms with Crippen LogP contribution >= 0.6 is 0 Å². The minimum Gasteiger partial charge on any atom is -0.386 e. The van der Waals surface area contributed by atoms with E-state index in [4.69, 9.17) is 0 Å². The van der Waals surface area contributed by atoms with Crippen molar-refractivity contribution < 1.29 is 9.50 Å². The maximum absolute atomic E-state index is 13.3. The molecule has 0 aromatic heterocycles. The summed E-state index contributed by atoms with van der Waals surface area (Å²) in [7, 11) is 2.00. The number of hydrogen-bond acceptors (Lipinski definition) is 3. The number of nitrogens with one attached hydrogen (secondary N) is 1. The molecule has 2 aliphatic rings. The van der Waals surface area contributed by atoms with Gasteiger partial charge >= 0.3 is 0 Å². The van der Waals surface area contributed by atoms with E-state index in [1.807, 2.05) is 7.05 Å². The summed E-state index contributed by atoms with van der Waals surface area (Å²) >= 11 is 0. The number of anilines is 1. The van der Waals surface area contributed by atoms with Crippen molar-refractivity contribution in [2.45, 2.75) is 24.5 Å². The number of piperidine rings is 1. The topological polar surface area (TPSA) is 35.5 Å². The number of likely N-dealkylation sites (N-methyl/N-ethyl adjacent to an activating group) is 1. The third kappa shape index (κ3) is 1.40. The van der Waals surface area contributed by atoms with Gasteiger partial charge in [-0.1, -0.05) is 0 Å². The quantitative estimate of drug-likeness (QED) is 0.715. The highest BCUT2D eigenvalue weighted by atomic mass is 19.1. The molecule has 2 aliphatic heterocycles. The predicted octanol–water partition coefficient (Wildman–Crippen LogP) is 1.43. The van der Waals surface area contributed by atoms with Crippen molar-refractivity contribution in [3.8, 4) is 0 Å². The fraction of sp³-hybridized carbons (Fsp3) is 0.538. The Morgan fingerprint density at radius 1 is 1.41 bits per heavy atom. The lowest BCUT2D eigenvalue weighted by molar-refractivity contribution is 0.0732. The van der Waals surface area contributed by atoms with Gasteiger partial charge in [-0.15, -0.1) is 0 Å². The van der Waals surface area contributed by atoms with Crippen LogP contribution in [0.15, 0.2) is 18.2 Å². The average Bonchev–Trinajstić information content (AvgIpc) is 2.54. The van der Waals surface area contributed by atoms with Crippen LogP contribution in [0.3, 0.4) is 0 Å². The molecule has 92 valence electrons. The molecular weight excluding hydrogens is 219 g/mol. The minimum atomic E-state index is -0.583. The Bertz CT molecular complexity index is 443. The molecule has 3 nitrogen and oxygen atoms in total. The number of nitrogens with zero attached hydrogens (tertiary/aromatic N) is 1. The smallest absolute Gasteiger partial charge is 0.123 e. The van der Waals surface area contributed by atoms with Gasteiger partial charge in [0.15, 0.2) is 0 Å². The van der Waals surface area contributed by atoms with Gasteiger partial charge in [0, 0.05) is 18.3 Å². The first-order valence-corrected chi connectivity index (χ1v) is 6.07. The molecule has 1 fully saturated rings. The molecular formula is C13H17FN2O. The van der Waals surface area contributed by atoms with Gasteiger partial charge in [0.1, 0.15) is 11.9 Å². The first-order chi connectivity index (χ1) is 8.15. The molecule has 0 radical (unpaired) electrons. The highest BCUT2D eigenvalue weighted by molar-refractivity contribution is 5.63. The molecule has 1 saturated heterocycles. The maximum Gasteiger partial charge on any atom is 0.123 e. The Balaban J connectivity index is 2.07. The molecule has 17 heavy (non-hydrogen) atoms. The first kappa shape index (κ1) is 11.0. The lowest BCUT2D eigenvalue weighted by atomic mass is 9.82. The number of halogens is 1. The van der Waals surface area contributed by atoms with Crippen molar-refractivity contribution in [3.05, 3.63) is 29.6 Å². The second-order valence-electron chi connectivity index (χ2n) is 5.02. The van der Waals surface area contributed by atoms with Crippen molar-refractivity contribution >= 4 is 5.69 Å². The molecule has 3 rings (SSSR count). The molecule has 2 N–H and O–H groups in total. The zero-order valence-electron chi connectivity index (χ0n) is 9.91. The zero-order chi connectivity index (χ0) is 12.0. The molecule has 0 saturated carbocycles. The molecule has 1 spiro atoms. The van der Waals surface area contributed by atoms with E-state index in [-0.39, 0.29) is 11.4 Å². The molecule has 2 heterocycles. The van der Waals surface area contributed by atoms with E-state index < -0.39 is 6.10 Å². The van der Waals surface area contributed by atoms with Crippen LogP contribution in [0.4, 0.5) is 10.1 Å². The van der Waals surface area contributed by atoms with Crippen LogP contribution in [0.1, 0.15) is 24.5 Å². The summed E-state index contributed by atoms with van der Waals surface area (Å²) in [6.45, 7) is 1.80. The van der Waals surface area contributed by atoms with Crippen LogP contribution in [0.25, 0.3) is 0 Å². The Morgan fingerprint density at radius 3 is 2.82 bits per heavy atom. The molecule has 0 amide bonds. The van der Waals surface area contributed by atoms with Crippen LogP contribution in [-0.4, -0.2) is 30.8 Å². The standard InChI is InChI=1S/C13H17FN2O/c1-16-11-3-2-9(14)8-10(11)12(17)13(16)4-6-15-7-5-13/h2-3,8,12,15,17H,4-7H2,1H3. The van der Waals surface area contributed by atoms with Gasteiger partial charge in [0.25, 0.3) is 0 Å². The van der Waals surface area contributed by atoms with Crippen molar-refractivity contribution in [1.82, 2.24) is 5.32 Å². The Hall–Kier alpha value is -1.13. The van der Waals surface area contributed by atoms with E-state index in [2.05, 4.69) is 10.2 Å². The summed E-state index contributed by atoms with van der Waals surface area (Å²) < 4.78 is 13.3. The fourth-order valence-corrected chi connectivity index (χ4v) is 3.23. The highest BCUT2D eigenvalue weighted by Gasteiger charge is 2.49. The van der Waals surface area contributed by atoms with Gasteiger partial charge in [-0.3, -0.25) is 0 Å². The predicted molar refractivity (Wildman–Crippen MR) is 64.6 cm³/mol. The Labute approximate surface area is 100 Å². The fourth-order valence-electron chi connectivity index (χ4n) is 3.23. The highest BCUT2D eigenvalue weighted by Crippen LogP contribution is 2.49. The van der Waals surface area contributed by atoms with Crippen LogP contribution in [0.2, 0.25) is 0 Å². The summed E-state index contributed by atoms with van der Waals surface area (Å²) in [5.74, 6) is -0.276. The van der Waals surface area contributed by atoms with E-state index in [1.165, 1.54) is 12.1 Å². The average molecular weight is 236 g/mol. The molecule has 0 bridgehead atoms. The van der Waals surface area contributed by atoms with Gasteiger partial charge < -0.3 is 15.3 Å². The number of benzene rings is 1. The summed E-state index contributed by atoms with van der Waals surface area (Å²) in [6.07, 6.45) is 1.20. The third-order valence-corrected chi connectivity index (χ3v) is 4.29. The number of aliphatic hydroxyl groups is 1. The van der Waals surface area contributed by atoms with Crippen LogP contribution in [0, 0.1) is 5.82 Å². The molecule has 1 aromatic carbocycles. The van der Waals surface area contributed by atoms with Gasteiger partial charge in [-0.05, 0) is 44.1 Å². The minimum absolute atomic E-state index is 0.249. The largest absolute Gasteiger partial charge is 0.386 e. The van der Waals surface area contributed by atoms with Crippen LogP contribution in [0.5, 0.6) is 0 Å². The van der Waals surface area contributed by atoms with E-state index in [1.54, 1.807) is 6.07 Å². The summed E-state index contributed by atoms with van der Waals surface area (Å²) in [6, 6.07) is 4.69. The molecule has 1 atom stereocenters. The van der Waals surface area contributed by atoms with Gasteiger partial charge in [0.05, 0.1) is 5.54 Å². The monoisotopic (exact) mass is 236 g/mol. The third-order valence-electron chi connectivity index (χ3n) is 4.29. The summed E-state index contributed by atoms with van der Waals surface area (Å²) in [4.78, 5) is 2.13. The molecule has 1 aromatic rings. The van der Waals surface area contributed by atoms with Gasteiger partial charge in [-0.25, -0.2) is 4.39 Å². The normalized spacial score (nSPS) is 26.3. The number of rotatable bonds is 0. The summed E-state index contributed by atoms with van der Waals surface area (Å²) in [5.41, 5.74) is 1.44. The van der Waals surface area contributed by atoms with Gasteiger partial charge in [-0.2, -0.15) is 0 Å². The van der Waals surface area contributed by atoms with Gasteiger partial charge in [0.2, 0.25) is 0 Å². The molecule has 0 aliphatic carbocycles. The summed E-state index contributed by atoms with van der Waals surface area (Å²) in [5, 5.41) is 13.8. The number of aliphatic hydroxyl groups excluding tert-OH is 1. The number of fused-ring (bicyclic) bond motifs is 1. The molecule has 4 heteroatoms.